The highest BCUT2D eigenvalue weighted by atomic mass is 19.1. The largest absolute Gasteiger partial charge is 0.496 e. The Morgan fingerprint density at radius 3 is 2.77 bits per heavy atom. The maximum absolute atomic E-state index is 15.2. The van der Waals surface area contributed by atoms with Gasteiger partial charge in [0.15, 0.2) is 11.3 Å². The van der Waals surface area contributed by atoms with E-state index in [4.69, 9.17) is 10.5 Å². The molecule has 0 bridgehead atoms. The van der Waals surface area contributed by atoms with Gasteiger partial charge in [-0.3, -0.25) is 4.68 Å². The number of unbranched alkanes of at least 4 members (excludes halogenated alkanes) is 1. The summed E-state index contributed by atoms with van der Waals surface area (Å²) >= 11 is 0. The van der Waals surface area contributed by atoms with Crippen LogP contribution in [-0.4, -0.2) is 68.9 Å². The van der Waals surface area contributed by atoms with Crippen LogP contribution in [0.5, 0.6) is 5.75 Å². The second-order valence-corrected chi connectivity index (χ2v) is 8.99. The molecule has 1 aromatic carbocycles. The molecular formula is C24H34FN7O3. The summed E-state index contributed by atoms with van der Waals surface area (Å²) in [5, 5.41) is 26.9. The van der Waals surface area contributed by atoms with Crippen LogP contribution < -0.4 is 20.7 Å². The van der Waals surface area contributed by atoms with E-state index in [9.17, 15) is 10.2 Å². The second kappa shape index (κ2) is 11.1. The molecule has 0 radical (unpaired) electrons. The van der Waals surface area contributed by atoms with Gasteiger partial charge in [0.25, 0.3) is 0 Å². The van der Waals surface area contributed by atoms with Crippen LogP contribution in [0.4, 0.5) is 16.2 Å². The summed E-state index contributed by atoms with van der Waals surface area (Å²) in [7, 11) is 1.52. The van der Waals surface area contributed by atoms with Gasteiger partial charge in [-0.1, -0.05) is 13.3 Å². The number of anilines is 2. The molecule has 0 unspecified atom stereocenters. The molecule has 1 aliphatic rings. The Hall–Kier alpha value is -3.02. The smallest absolute Gasteiger partial charge is 0.222 e. The number of aliphatic hydroxyl groups is 2. The number of hydrogen-bond donors (Lipinski definition) is 4. The van der Waals surface area contributed by atoms with E-state index in [0.29, 0.717) is 60.6 Å². The van der Waals surface area contributed by atoms with Gasteiger partial charge in [-0.25, -0.2) is 9.37 Å². The fourth-order valence-electron chi connectivity index (χ4n) is 4.34. The number of nitrogens with zero attached hydrogens (tertiary/aromatic N) is 5. The Morgan fingerprint density at radius 1 is 1.29 bits per heavy atom. The van der Waals surface area contributed by atoms with Gasteiger partial charge in [0, 0.05) is 25.7 Å². The lowest BCUT2D eigenvalue weighted by atomic mass is 9.89. The van der Waals surface area contributed by atoms with Crippen LogP contribution in [0.15, 0.2) is 18.3 Å². The number of nitrogens with one attached hydrogen (secondary N) is 1. The highest BCUT2D eigenvalue weighted by Crippen LogP contribution is 2.28. The number of fused-ring (bicyclic) bond motifs is 1. The van der Waals surface area contributed by atoms with Crippen LogP contribution >= 0.6 is 0 Å². The SMILES string of the molecule is CCCCN(CCO)c1nc(N)nc2cn(Cc3c(F)cc(CNC4CC(O)C4)cc3OC)nc12. The fourth-order valence-corrected chi connectivity index (χ4v) is 4.34. The van der Waals surface area contributed by atoms with Crippen LogP contribution in [0.3, 0.4) is 0 Å². The first-order valence-electron chi connectivity index (χ1n) is 12.0. The number of methoxy groups -OCH3 is 1. The van der Waals surface area contributed by atoms with Crippen molar-refractivity contribution in [3.63, 3.8) is 0 Å². The predicted molar refractivity (Wildman–Crippen MR) is 132 cm³/mol. The van der Waals surface area contributed by atoms with Crippen molar-refractivity contribution in [1.29, 1.82) is 0 Å². The Labute approximate surface area is 203 Å². The molecule has 0 atom stereocenters. The molecule has 4 rings (SSSR count). The average Bonchev–Trinajstić information content (AvgIpc) is 3.21. The van der Waals surface area contributed by atoms with Crippen molar-refractivity contribution in [3.8, 4) is 5.75 Å². The van der Waals surface area contributed by atoms with Crippen molar-refractivity contribution in [2.24, 2.45) is 0 Å². The standard InChI is InChI=1S/C24H34FN7O3/c1-3-4-5-31(6-7-33)23-22-20(28-24(26)29-23)14-32(30-22)13-18-19(25)8-15(9-21(18)35-2)12-27-16-10-17(34)11-16/h8-9,14,16-17,27,33-34H,3-7,10-13H2,1-2H3,(H2,26,28). The normalized spacial score (nSPS) is 17.5. The lowest BCUT2D eigenvalue weighted by Crippen LogP contribution is -2.43. The summed E-state index contributed by atoms with van der Waals surface area (Å²) in [6.07, 6.45) is 4.82. The summed E-state index contributed by atoms with van der Waals surface area (Å²) in [5.74, 6) is 0.727. The van der Waals surface area contributed by atoms with Crippen LogP contribution in [0.25, 0.3) is 11.0 Å². The molecule has 0 aliphatic heterocycles. The van der Waals surface area contributed by atoms with Crippen LogP contribution in [0.1, 0.15) is 43.7 Å². The van der Waals surface area contributed by atoms with E-state index < -0.39 is 0 Å². The van der Waals surface area contributed by atoms with Gasteiger partial charge >= 0.3 is 0 Å². The van der Waals surface area contributed by atoms with Gasteiger partial charge in [-0.05, 0) is 37.0 Å². The summed E-state index contributed by atoms with van der Waals surface area (Å²) in [6, 6.07) is 3.57. The Kier molecular flexibility index (Phi) is 7.99. The van der Waals surface area contributed by atoms with E-state index in [2.05, 4.69) is 27.3 Å². The number of rotatable bonds is 12. The van der Waals surface area contributed by atoms with E-state index in [-0.39, 0.29) is 37.1 Å². The minimum Gasteiger partial charge on any atom is -0.496 e. The maximum atomic E-state index is 15.2. The van der Waals surface area contributed by atoms with Crippen molar-refractivity contribution in [2.75, 3.05) is 37.4 Å². The van der Waals surface area contributed by atoms with E-state index in [0.717, 1.165) is 18.4 Å². The highest BCUT2D eigenvalue weighted by molar-refractivity contribution is 5.86. The monoisotopic (exact) mass is 487 g/mol. The van der Waals surface area contributed by atoms with Gasteiger partial charge in [0.2, 0.25) is 5.95 Å². The number of halogens is 1. The summed E-state index contributed by atoms with van der Waals surface area (Å²) < 4.78 is 22.3. The molecule has 5 N–H and O–H groups in total. The minimum atomic E-state index is -0.384. The number of nitrogen functional groups attached to an aromatic ring is 1. The molecule has 0 spiro atoms. The van der Waals surface area contributed by atoms with Gasteiger partial charge in [-0.2, -0.15) is 10.1 Å². The lowest BCUT2D eigenvalue weighted by Gasteiger charge is -2.32. The second-order valence-electron chi connectivity index (χ2n) is 8.99. The van der Waals surface area contributed by atoms with E-state index in [1.807, 2.05) is 11.0 Å². The Balaban J connectivity index is 1.59. The third-order valence-corrected chi connectivity index (χ3v) is 6.32. The highest BCUT2D eigenvalue weighted by Gasteiger charge is 2.26. The molecule has 10 nitrogen and oxygen atoms in total. The zero-order valence-electron chi connectivity index (χ0n) is 20.2. The molecule has 1 fully saturated rings. The summed E-state index contributed by atoms with van der Waals surface area (Å²) in [5.41, 5.74) is 8.21. The van der Waals surface area contributed by atoms with Gasteiger partial charge in [0.05, 0.1) is 38.1 Å². The van der Waals surface area contributed by atoms with Gasteiger partial charge < -0.3 is 30.9 Å². The first-order chi connectivity index (χ1) is 16.9. The summed E-state index contributed by atoms with van der Waals surface area (Å²) in [4.78, 5) is 10.6. The summed E-state index contributed by atoms with van der Waals surface area (Å²) in [6.45, 7) is 3.80. The van der Waals surface area contributed by atoms with Crippen LogP contribution in [-0.2, 0) is 13.1 Å². The zero-order valence-corrected chi connectivity index (χ0v) is 20.2. The van der Waals surface area contributed by atoms with Crippen molar-refractivity contribution in [2.45, 2.75) is 57.8 Å². The fraction of sp³-hybridized carbons (Fsp3) is 0.542. The molecular weight excluding hydrogens is 453 g/mol. The quantitative estimate of drug-likeness (QED) is 0.302. The maximum Gasteiger partial charge on any atom is 0.222 e. The van der Waals surface area contributed by atoms with E-state index >= 15 is 4.39 Å². The Bertz CT molecular complexity index is 1150. The third-order valence-electron chi connectivity index (χ3n) is 6.32. The van der Waals surface area contributed by atoms with Crippen molar-refractivity contribution >= 4 is 22.8 Å². The number of hydrogen-bond acceptors (Lipinski definition) is 9. The Morgan fingerprint density at radius 2 is 2.09 bits per heavy atom. The van der Waals surface area contributed by atoms with Gasteiger partial charge in [-0.15, -0.1) is 0 Å². The van der Waals surface area contributed by atoms with Crippen molar-refractivity contribution < 1.29 is 19.3 Å². The van der Waals surface area contributed by atoms with E-state index in [1.165, 1.54) is 13.2 Å². The van der Waals surface area contributed by atoms with Crippen LogP contribution in [0, 0.1) is 5.82 Å². The molecule has 2 heterocycles. The number of aliphatic hydroxyl groups excluding tert-OH is 2. The van der Waals surface area contributed by atoms with E-state index in [1.54, 1.807) is 10.9 Å². The molecule has 190 valence electrons. The average molecular weight is 488 g/mol. The first kappa shape index (κ1) is 25.1. The number of nitrogens with two attached hydrogens (primary N) is 1. The molecule has 1 saturated carbocycles. The van der Waals surface area contributed by atoms with Crippen molar-refractivity contribution in [1.82, 2.24) is 25.1 Å². The number of ether oxygens (including phenoxy) is 1. The zero-order chi connectivity index (χ0) is 24.9. The molecule has 3 aromatic rings. The topological polar surface area (TPSA) is 135 Å². The lowest BCUT2D eigenvalue weighted by molar-refractivity contribution is 0.0619. The first-order valence-corrected chi connectivity index (χ1v) is 12.0. The number of benzene rings is 1. The third kappa shape index (κ3) is 5.80. The van der Waals surface area contributed by atoms with Crippen molar-refractivity contribution in [3.05, 3.63) is 35.3 Å². The molecule has 35 heavy (non-hydrogen) atoms. The molecule has 2 aromatic heterocycles. The predicted octanol–water partition coefficient (Wildman–Crippen LogP) is 1.82. The molecule has 0 amide bonds. The number of aromatic nitrogens is 4. The van der Waals surface area contributed by atoms with Crippen LogP contribution in [0.2, 0.25) is 0 Å². The van der Waals surface area contributed by atoms with Gasteiger partial charge in [0.1, 0.15) is 17.1 Å². The molecule has 11 heteroatoms. The minimum absolute atomic E-state index is 0.0270. The molecule has 1 aliphatic carbocycles. The molecule has 0 saturated heterocycles.